The van der Waals surface area contributed by atoms with E-state index in [0.717, 1.165) is 34.0 Å². The molecule has 0 spiro atoms. The van der Waals surface area contributed by atoms with Crippen LogP contribution in [0.2, 0.25) is 0 Å². The predicted molar refractivity (Wildman–Crippen MR) is 280 cm³/mol. The standard InChI is InChI=1S/C61H69N3/c1-38-30-46(41-22-18-16-19-23-41)50(60(10,11)12)36-52(38)62-54-34-45(64-56-28-26-43(58(4,5)6)32-48(56)49-33-44(59(7,8)9)27-29-57(49)64)35-55(40(54)3)63-53-37-51(61(13,14)15)47(31-39(53)2)42-24-20-17-21-25-42/h16-37,62-63H,1-15H3. The molecule has 0 fully saturated rings. The first kappa shape index (κ1) is 44.5. The van der Waals surface area contributed by atoms with Crippen LogP contribution in [-0.2, 0) is 21.7 Å². The smallest absolute Gasteiger partial charge is 0.0541 e. The minimum atomic E-state index is -0.0755. The third kappa shape index (κ3) is 8.62. The number of anilines is 4. The zero-order valence-corrected chi connectivity index (χ0v) is 41.1. The maximum atomic E-state index is 4.04. The minimum absolute atomic E-state index is 0.0158. The summed E-state index contributed by atoms with van der Waals surface area (Å²) >= 11 is 0. The molecule has 0 bridgehead atoms. The van der Waals surface area contributed by atoms with Gasteiger partial charge in [0.1, 0.15) is 0 Å². The molecule has 0 atom stereocenters. The lowest BCUT2D eigenvalue weighted by Crippen LogP contribution is -2.14. The molecular formula is C61H69N3. The van der Waals surface area contributed by atoms with Crippen LogP contribution in [0.3, 0.4) is 0 Å². The molecule has 0 unspecified atom stereocenters. The molecule has 2 N–H and O–H groups in total. The van der Waals surface area contributed by atoms with Gasteiger partial charge in [-0.1, -0.05) is 156 Å². The van der Waals surface area contributed by atoms with E-state index in [1.165, 1.54) is 77.4 Å². The zero-order valence-electron chi connectivity index (χ0n) is 41.1. The Morgan fingerprint density at radius 3 is 1.09 bits per heavy atom. The van der Waals surface area contributed by atoms with E-state index in [0.29, 0.717) is 0 Å². The molecule has 1 heterocycles. The quantitative estimate of drug-likeness (QED) is 0.167. The van der Waals surface area contributed by atoms with Gasteiger partial charge < -0.3 is 15.2 Å². The molecular weight excluding hydrogens is 775 g/mol. The maximum absolute atomic E-state index is 4.04. The van der Waals surface area contributed by atoms with Crippen LogP contribution in [0.15, 0.2) is 133 Å². The van der Waals surface area contributed by atoms with Crippen molar-refractivity contribution in [1.29, 1.82) is 0 Å². The Labute approximate surface area is 384 Å². The molecule has 0 radical (unpaired) electrons. The second kappa shape index (κ2) is 16.2. The Bertz CT molecular complexity index is 2820. The van der Waals surface area contributed by atoms with Crippen LogP contribution < -0.4 is 10.6 Å². The average Bonchev–Trinajstić information content (AvgIpc) is 3.55. The van der Waals surface area contributed by atoms with Gasteiger partial charge in [0, 0.05) is 33.5 Å². The fourth-order valence-electron chi connectivity index (χ4n) is 9.25. The number of hydrogen-bond acceptors (Lipinski definition) is 2. The lowest BCUT2D eigenvalue weighted by molar-refractivity contribution is 0.590. The Hall–Kier alpha value is -6.06. The van der Waals surface area contributed by atoms with E-state index in [-0.39, 0.29) is 21.7 Å². The van der Waals surface area contributed by atoms with Gasteiger partial charge in [-0.2, -0.15) is 0 Å². The van der Waals surface area contributed by atoms with Crippen LogP contribution in [-0.4, -0.2) is 4.57 Å². The van der Waals surface area contributed by atoms with Crippen molar-refractivity contribution >= 4 is 44.6 Å². The summed E-state index contributed by atoms with van der Waals surface area (Å²) in [4.78, 5) is 0. The van der Waals surface area contributed by atoms with E-state index in [9.17, 15) is 0 Å². The molecule has 0 aliphatic heterocycles. The number of aromatic nitrogens is 1. The van der Waals surface area contributed by atoms with Gasteiger partial charge in [0.25, 0.3) is 0 Å². The molecule has 64 heavy (non-hydrogen) atoms. The number of nitrogens with one attached hydrogen (secondary N) is 2. The van der Waals surface area contributed by atoms with Crippen LogP contribution in [0.25, 0.3) is 49.7 Å². The lowest BCUT2D eigenvalue weighted by atomic mass is 9.80. The minimum Gasteiger partial charge on any atom is -0.355 e. The highest BCUT2D eigenvalue weighted by molar-refractivity contribution is 6.10. The monoisotopic (exact) mass is 844 g/mol. The van der Waals surface area contributed by atoms with Gasteiger partial charge in [-0.3, -0.25) is 0 Å². The van der Waals surface area contributed by atoms with Gasteiger partial charge in [-0.25, -0.2) is 0 Å². The fraction of sp³-hybridized carbons (Fsp3) is 0.311. The Balaban J connectivity index is 1.38. The molecule has 0 saturated heterocycles. The molecule has 1 aromatic heterocycles. The molecule has 0 aliphatic rings. The first-order chi connectivity index (χ1) is 30.0. The summed E-state index contributed by atoms with van der Waals surface area (Å²) in [6, 6.07) is 50.1. The summed E-state index contributed by atoms with van der Waals surface area (Å²) in [6.45, 7) is 34.5. The van der Waals surface area contributed by atoms with Crippen molar-refractivity contribution in [3.05, 3.63) is 172 Å². The molecule has 8 aromatic rings. The normalized spacial score (nSPS) is 12.6. The average molecular weight is 844 g/mol. The number of benzene rings is 7. The van der Waals surface area contributed by atoms with Gasteiger partial charge in [0.15, 0.2) is 0 Å². The highest BCUT2D eigenvalue weighted by atomic mass is 15.0. The van der Waals surface area contributed by atoms with Crippen LogP contribution in [0.1, 0.15) is 122 Å². The predicted octanol–water partition coefficient (Wildman–Crippen LogP) is 17.7. The topological polar surface area (TPSA) is 29.0 Å². The summed E-state index contributed by atoms with van der Waals surface area (Å²) in [5.74, 6) is 0. The van der Waals surface area contributed by atoms with Crippen LogP contribution in [0.5, 0.6) is 0 Å². The molecule has 0 amide bonds. The van der Waals surface area contributed by atoms with Crippen molar-refractivity contribution in [3.63, 3.8) is 0 Å². The van der Waals surface area contributed by atoms with Gasteiger partial charge >= 0.3 is 0 Å². The molecule has 3 nitrogen and oxygen atoms in total. The summed E-state index contributed by atoms with van der Waals surface area (Å²) in [5.41, 5.74) is 21.6. The Morgan fingerprint density at radius 1 is 0.375 bits per heavy atom. The summed E-state index contributed by atoms with van der Waals surface area (Å²) < 4.78 is 2.48. The molecule has 7 aromatic carbocycles. The fourth-order valence-corrected chi connectivity index (χ4v) is 9.25. The molecule has 8 rings (SSSR count). The highest BCUT2D eigenvalue weighted by Gasteiger charge is 2.25. The van der Waals surface area contributed by atoms with E-state index < -0.39 is 0 Å². The van der Waals surface area contributed by atoms with Gasteiger partial charge in [-0.05, 0) is 164 Å². The van der Waals surface area contributed by atoms with Crippen molar-refractivity contribution in [2.24, 2.45) is 0 Å². The number of fused-ring (bicyclic) bond motifs is 3. The van der Waals surface area contributed by atoms with Gasteiger partial charge in [0.2, 0.25) is 0 Å². The van der Waals surface area contributed by atoms with E-state index in [4.69, 9.17) is 0 Å². The van der Waals surface area contributed by atoms with E-state index >= 15 is 0 Å². The lowest BCUT2D eigenvalue weighted by Gasteiger charge is -2.27. The largest absolute Gasteiger partial charge is 0.355 e. The third-order valence-electron chi connectivity index (χ3n) is 13.2. The van der Waals surface area contributed by atoms with Crippen molar-refractivity contribution < 1.29 is 0 Å². The summed E-state index contributed by atoms with van der Waals surface area (Å²) in [6.07, 6.45) is 0. The van der Waals surface area contributed by atoms with Crippen molar-refractivity contribution in [2.75, 3.05) is 10.6 Å². The number of hydrogen-bond donors (Lipinski definition) is 2. The summed E-state index contributed by atoms with van der Waals surface area (Å²) in [5, 5.41) is 10.6. The van der Waals surface area contributed by atoms with Gasteiger partial charge in [-0.15, -0.1) is 0 Å². The summed E-state index contributed by atoms with van der Waals surface area (Å²) in [7, 11) is 0. The second-order valence-electron chi connectivity index (χ2n) is 22.4. The van der Waals surface area contributed by atoms with E-state index in [1.54, 1.807) is 0 Å². The van der Waals surface area contributed by atoms with E-state index in [1.807, 2.05) is 0 Å². The Kier molecular flexibility index (Phi) is 11.3. The zero-order chi connectivity index (χ0) is 46.1. The number of rotatable bonds is 7. The maximum Gasteiger partial charge on any atom is 0.0541 e. The van der Waals surface area contributed by atoms with Crippen molar-refractivity contribution in [3.8, 4) is 27.9 Å². The third-order valence-corrected chi connectivity index (χ3v) is 13.2. The first-order valence-corrected chi connectivity index (χ1v) is 23.2. The molecule has 3 heteroatoms. The number of aryl methyl sites for hydroxylation is 2. The van der Waals surface area contributed by atoms with Crippen LogP contribution >= 0.6 is 0 Å². The molecule has 0 saturated carbocycles. The van der Waals surface area contributed by atoms with Crippen LogP contribution in [0, 0.1) is 20.8 Å². The number of nitrogens with zero attached hydrogens (tertiary/aromatic N) is 1. The SMILES string of the molecule is Cc1cc(-c2ccccc2)c(C(C)(C)C)cc1Nc1cc(-n2c3ccc(C(C)(C)C)cc3c3cc(C(C)(C)C)ccc32)cc(Nc2cc(C(C)(C)C)c(-c3ccccc3)cc2C)c1C. The molecule has 0 aliphatic carbocycles. The van der Waals surface area contributed by atoms with E-state index in [2.05, 4.69) is 253 Å². The van der Waals surface area contributed by atoms with Gasteiger partial charge in [0.05, 0.1) is 16.7 Å². The van der Waals surface area contributed by atoms with Crippen molar-refractivity contribution in [1.82, 2.24) is 4.57 Å². The first-order valence-electron chi connectivity index (χ1n) is 23.2. The van der Waals surface area contributed by atoms with Crippen molar-refractivity contribution in [2.45, 2.75) is 126 Å². The second-order valence-corrected chi connectivity index (χ2v) is 22.4. The molecule has 328 valence electrons. The Morgan fingerprint density at radius 2 is 0.750 bits per heavy atom. The van der Waals surface area contributed by atoms with Crippen LogP contribution in [0.4, 0.5) is 22.7 Å². The highest BCUT2D eigenvalue weighted by Crippen LogP contribution is 2.44.